The first-order chi connectivity index (χ1) is 10.8. The Balaban J connectivity index is 2.57. The molecule has 3 heteroatoms. The van der Waals surface area contributed by atoms with E-state index in [0.29, 0.717) is 0 Å². The van der Waals surface area contributed by atoms with Crippen molar-refractivity contribution in [1.29, 1.82) is 0 Å². The van der Waals surface area contributed by atoms with Gasteiger partial charge in [0.15, 0.2) is 0 Å². The third kappa shape index (κ3) is 4.23. The highest BCUT2D eigenvalue weighted by molar-refractivity contribution is 5.66. The van der Waals surface area contributed by atoms with E-state index in [0.717, 1.165) is 27.8 Å². The SMILES string of the molecule is CC(C)(O)c1ccc(-c2cc(C(C)(C)O)cc(C(C)(C)O)c2)cc1. The van der Waals surface area contributed by atoms with Gasteiger partial charge in [-0.3, -0.25) is 0 Å². The van der Waals surface area contributed by atoms with Gasteiger partial charge in [0.1, 0.15) is 0 Å². The maximum atomic E-state index is 10.4. The highest BCUT2D eigenvalue weighted by Gasteiger charge is 2.23. The second-order valence-electron chi connectivity index (χ2n) is 8.05. The smallest absolute Gasteiger partial charge is 0.0840 e. The summed E-state index contributed by atoms with van der Waals surface area (Å²) in [5, 5.41) is 30.9. The zero-order chi connectivity index (χ0) is 18.3. The van der Waals surface area contributed by atoms with Crippen molar-refractivity contribution in [2.45, 2.75) is 58.3 Å². The maximum absolute atomic E-state index is 10.4. The standard InChI is InChI=1S/C21H28O3/c1-19(2,22)16-9-7-14(8-10-16)15-11-17(20(3,4)23)13-18(12-15)21(5,6)24/h7-13,22-24H,1-6H3. The van der Waals surface area contributed by atoms with Gasteiger partial charge in [-0.05, 0) is 81.5 Å². The average Bonchev–Trinajstić information content (AvgIpc) is 2.44. The molecule has 0 radical (unpaired) electrons. The number of hydrogen-bond acceptors (Lipinski definition) is 3. The van der Waals surface area contributed by atoms with Gasteiger partial charge in [0, 0.05) is 0 Å². The molecule has 0 fully saturated rings. The van der Waals surface area contributed by atoms with E-state index < -0.39 is 16.8 Å². The first-order valence-electron chi connectivity index (χ1n) is 8.22. The summed E-state index contributed by atoms with van der Waals surface area (Å²) in [6.07, 6.45) is 0. The van der Waals surface area contributed by atoms with Gasteiger partial charge in [-0.15, -0.1) is 0 Å². The Kier molecular flexibility index (Phi) is 4.66. The summed E-state index contributed by atoms with van der Waals surface area (Å²) >= 11 is 0. The van der Waals surface area contributed by atoms with Gasteiger partial charge in [-0.1, -0.05) is 30.3 Å². The number of hydrogen-bond donors (Lipinski definition) is 3. The molecule has 0 aromatic heterocycles. The Morgan fingerprint density at radius 1 is 0.500 bits per heavy atom. The molecule has 2 aromatic rings. The lowest BCUT2D eigenvalue weighted by molar-refractivity contribution is 0.0718. The molecule has 0 amide bonds. The minimum Gasteiger partial charge on any atom is -0.386 e. The third-order valence-electron chi connectivity index (χ3n) is 4.27. The van der Waals surface area contributed by atoms with Crippen LogP contribution in [0.1, 0.15) is 58.2 Å². The quantitative estimate of drug-likeness (QED) is 0.794. The predicted molar refractivity (Wildman–Crippen MR) is 97.6 cm³/mol. The topological polar surface area (TPSA) is 60.7 Å². The van der Waals surface area contributed by atoms with Crippen LogP contribution >= 0.6 is 0 Å². The van der Waals surface area contributed by atoms with E-state index >= 15 is 0 Å². The number of benzene rings is 2. The van der Waals surface area contributed by atoms with Gasteiger partial charge in [-0.2, -0.15) is 0 Å². The highest BCUT2D eigenvalue weighted by atomic mass is 16.3. The highest BCUT2D eigenvalue weighted by Crippen LogP contribution is 2.33. The maximum Gasteiger partial charge on any atom is 0.0840 e. The molecule has 0 saturated carbocycles. The molecular weight excluding hydrogens is 300 g/mol. The van der Waals surface area contributed by atoms with Gasteiger partial charge in [0.2, 0.25) is 0 Å². The molecule has 0 atom stereocenters. The molecule has 0 aliphatic rings. The molecule has 0 bridgehead atoms. The second-order valence-corrected chi connectivity index (χ2v) is 8.05. The lowest BCUT2D eigenvalue weighted by atomic mass is 9.87. The van der Waals surface area contributed by atoms with Crippen LogP contribution in [0, 0.1) is 0 Å². The zero-order valence-electron chi connectivity index (χ0n) is 15.4. The summed E-state index contributed by atoms with van der Waals surface area (Å²) in [7, 11) is 0. The van der Waals surface area contributed by atoms with Crippen molar-refractivity contribution >= 4 is 0 Å². The van der Waals surface area contributed by atoms with E-state index in [-0.39, 0.29) is 0 Å². The Hall–Kier alpha value is -1.68. The Morgan fingerprint density at radius 3 is 1.21 bits per heavy atom. The van der Waals surface area contributed by atoms with E-state index in [1.165, 1.54) is 0 Å². The van der Waals surface area contributed by atoms with Crippen LogP contribution in [0.3, 0.4) is 0 Å². The summed E-state index contributed by atoms with van der Waals surface area (Å²) in [6.45, 7) is 10.4. The molecule has 0 heterocycles. The van der Waals surface area contributed by atoms with Crippen molar-refractivity contribution in [2.24, 2.45) is 0 Å². The van der Waals surface area contributed by atoms with Crippen molar-refractivity contribution in [3.05, 3.63) is 59.2 Å². The van der Waals surface area contributed by atoms with Crippen molar-refractivity contribution in [1.82, 2.24) is 0 Å². The van der Waals surface area contributed by atoms with Crippen LogP contribution in [0.5, 0.6) is 0 Å². The van der Waals surface area contributed by atoms with Crippen molar-refractivity contribution in [3.63, 3.8) is 0 Å². The summed E-state index contributed by atoms with van der Waals surface area (Å²) < 4.78 is 0. The molecule has 0 spiro atoms. The molecule has 130 valence electrons. The lowest BCUT2D eigenvalue weighted by Gasteiger charge is -2.25. The second kappa shape index (κ2) is 5.99. The monoisotopic (exact) mass is 328 g/mol. The molecule has 3 N–H and O–H groups in total. The fourth-order valence-electron chi connectivity index (χ4n) is 2.57. The molecule has 3 nitrogen and oxygen atoms in total. The molecule has 0 aliphatic carbocycles. The molecule has 0 aliphatic heterocycles. The van der Waals surface area contributed by atoms with Crippen LogP contribution < -0.4 is 0 Å². The van der Waals surface area contributed by atoms with E-state index in [1.807, 2.05) is 42.5 Å². The van der Waals surface area contributed by atoms with Crippen molar-refractivity contribution in [2.75, 3.05) is 0 Å². The minimum atomic E-state index is -0.997. The zero-order valence-corrected chi connectivity index (χ0v) is 15.4. The van der Waals surface area contributed by atoms with Gasteiger partial charge in [0.05, 0.1) is 16.8 Å². The van der Waals surface area contributed by atoms with Crippen LogP contribution in [0.2, 0.25) is 0 Å². The van der Waals surface area contributed by atoms with Crippen LogP contribution in [0.15, 0.2) is 42.5 Å². The third-order valence-corrected chi connectivity index (χ3v) is 4.27. The van der Waals surface area contributed by atoms with Gasteiger partial charge in [0.25, 0.3) is 0 Å². The van der Waals surface area contributed by atoms with Crippen LogP contribution in [0.25, 0.3) is 11.1 Å². The largest absolute Gasteiger partial charge is 0.386 e. The summed E-state index contributed by atoms with van der Waals surface area (Å²) in [5.41, 5.74) is 1.37. The predicted octanol–water partition coefficient (Wildman–Crippen LogP) is 4.04. The molecule has 2 aromatic carbocycles. The summed E-state index contributed by atoms with van der Waals surface area (Å²) in [5.74, 6) is 0. The molecule has 2 rings (SSSR count). The fourth-order valence-corrected chi connectivity index (χ4v) is 2.57. The summed E-state index contributed by atoms with van der Waals surface area (Å²) in [4.78, 5) is 0. The van der Waals surface area contributed by atoms with Crippen LogP contribution in [0.4, 0.5) is 0 Å². The number of aliphatic hydroxyl groups is 3. The van der Waals surface area contributed by atoms with Crippen LogP contribution in [-0.4, -0.2) is 15.3 Å². The first-order valence-corrected chi connectivity index (χ1v) is 8.22. The van der Waals surface area contributed by atoms with Gasteiger partial charge >= 0.3 is 0 Å². The van der Waals surface area contributed by atoms with E-state index in [1.54, 1.807) is 41.5 Å². The Bertz CT molecular complexity index is 676. The first kappa shape index (κ1) is 18.7. The number of rotatable bonds is 4. The summed E-state index contributed by atoms with van der Waals surface area (Å²) in [6, 6.07) is 13.4. The van der Waals surface area contributed by atoms with Gasteiger partial charge in [-0.25, -0.2) is 0 Å². The minimum absolute atomic E-state index is 0.753. The van der Waals surface area contributed by atoms with Gasteiger partial charge < -0.3 is 15.3 Å². The normalized spacial score (nSPS) is 13.2. The van der Waals surface area contributed by atoms with Crippen molar-refractivity contribution < 1.29 is 15.3 Å². The van der Waals surface area contributed by atoms with E-state index in [4.69, 9.17) is 0 Å². The molecular formula is C21H28O3. The van der Waals surface area contributed by atoms with Crippen molar-refractivity contribution in [3.8, 4) is 11.1 Å². The van der Waals surface area contributed by atoms with E-state index in [2.05, 4.69) is 0 Å². The molecule has 0 unspecified atom stereocenters. The Labute approximate surface area is 144 Å². The fraction of sp³-hybridized carbons (Fsp3) is 0.429. The van der Waals surface area contributed by atoms with E-state index in [9.17, 15) is 15.3 Å². The molecule has 24 heavy (non-hydrogen) atoms. The Morgan fingerprint density at radius 2 is 0.875 bits per heavy atom. The molecule has 0 saturated heterocycles. The lowest BCUT2D eigenvalue weighted by Crippen LogP contribution is -2.20. The van der Waals surface area contributed by atoms with Crippen LogP contribution in [-0.2, 0) is 16.8 Å². The average molecular weight is 328 g/mol.